The van der Waals surface area contributed by atoms with Crippen LogP contribution in [0.15, 0.2) is 24.3 Å². The van der Waals surface area contributed by atoms with E-state index in [1.807, 2.05) is 0 Å². The maximum Gasteiger partial charge on any atom is 0.381 e. The number of carboxylic acid groups (broad SMARTS) is 1. The average molecular weight is 258 g/mol. The molecule has 0 saturated carbocycles. The Morgan fingerprint density at radius 1 is 1.28 bits per heavy atom. The van der Waals surface area contributed by atoms with Crippen molar-refractivity contribution in [3.8, 4) is 0 Å². The van der Waals surface area contributed by atoms with E-state index in [9.17, 15) is 18.4 Å². The van der Waals surface area contributed by atoms with Crippen molar-refractivity contribution in [2.45, 2.75) is 19.3 Å². The summed E-state index contributed by atoms with van der Waals surface area (Å²) in [7, 11) is 0. The summed E-state index contributed by atoms with van der Waals surface area (Å²) in [5, 5.41) is 8.53. The van der Waals surface area contributed by atoms with E-state index in [0.29, 0.717) is 5.56 Å². The third kappa shape index (κ3) is 3.26. The van der Waals surface area contributed by atoms with Gasteiger partial charge >= 0.3 is 17.9 Å². The smallest absolute Gasteiger partial charge is 0.381 e. The van der Waals surface area contributed by atoms with Crippen molar-refractivity contribution < 1.29 is 28.2 Å². The molecule has 0 atom stereocenters. The summed E-state index contributed by atoms with van der Waals surface area (Å²) in [6, 6.07) is 4.54. The fourth-order valence-electron chi connectivity index (χ4n) is 1.35. The predicted molar refractivity (Wildman–Crippen MR) is 58.3 cm³/mol. The summed E-state index contributed by atoms with van der Waals surface area (Å²) in [4.78, 5) is 21.5. The highest BCUT2D eigenvalue weighted by molar-refractivity contribution is 5.79. The molecule has 1 rings (SSSR count). The molecule has 0 fully saturated rings. The molecule has 1 aromatic rings. The Morgan fingerprint density at radius 3 is 2.28 bits per heavy atom. The van der Waals surface area contributed by atoms with Crippen molar-refractivity contribution in [3.63, 3.8) is 0 Å². The van der Waals surface area contributed by atoms with Crippen molar-refractivity contribution >= 4 is 11.9 Å². The zero-order chi connectivity index (χ0) is 13.8. The number of rotatable bonds is 5. The van der Waals surface area contributed by atoms with Crippen molar-refractivity contribution in [3.05, 3.63) is 35.4 Å². The minimum atomic E-state index is -3.72. The lowest BCUT2D eigenvalue weighted by Gasteiger charge is -2.15. The van der Waals surface area contributed by atoms with E-state index in [1.54, 1.807) is 0 Å². The van der Waals surface area contributed by atoms with Crippen LogP contribution in [0.25, 0.3) is 0 Å². The first-order valence-corrected chi connectivity index (χ1v) is 5.24. The van der Waals surface area contributed by atoms with Crippen LogP contribution in [0.5, 0.6) is 0 Å². The third-order valence-electron chi connectivity index (χ3n) is 2.20. The van der Waals surface area contributed by atoms with Gasteiger partial charge in [-0.05, 0) is 12.5 Å². The molecule has 0 aromatic heterocycles. The van der Waals surface area contributed by atoms with Crippen LogP contribution in [0.4, 0.5) is 8.78 Å². The van der Waals surface area contributed by atoms with E-state index in [4.69, 9.17) is 5.11 Å². The van der Waals surface area contributed by atoms with Gasteiger partial charge in [0.15, 0.2) is 0 Å². The highest BCUT2D eigenvalue weighted by atomic mass is 19.3. The molecule has 0 spiro atoms. The Bertz CT molecular complexity index is 440. The van der Waals surface area contributed by atoms with Crippen LogP contribution in [0.1, 0.15) is 18.1 Å². The predicted octanol–water partition coefficient (Wildman–Crippen LogP) is 1.97. The second-order valence-electron chi connectivity index (χ2n) is 3.56. The topological polar surface area (TPSA) is 63.6 Å². The summed E-state index contributed by atoms with van der Waals surface area (Å²) in [6.07, 6.45) is -0.259. The van der Waals surface area contributed by atoms with Crippen LogP contribution >= 0.6 is 0 Å². The largest absolute Gasteiger partial charge is 0.481 e. The van der Waals surface area contributed by atoms with Gasteiger partial charge in [-0.2, -0.15) is 8.78 Å². The third-order valence-corrected chi connectivity index (χ3v) is 2.20. The Morgan fingerprint density at radius 2 is 1.83 bits per heavy atom. The van der Waals surface area contributed by atoms with Crippen molar-refractivity contribution in [2.24, 2.45) is 0 Å². The number of ether oxygens (including phenoxy) is 1. The molecule has 1 aromatic carbocycles. The van der Waals surface area contributed by atoms with Crippen LogP contribution in [0, 0.1) is 0 Å². The van der Waals surface area contributed by atoms with E-state index in [1.165, 1.54) is 19.1 Å². The minimum Gasteiger partial charge on any atom is -0.481 e. The molecule has 0 aliphatic carbocycles. The van der Waals surface area contributed by atoms with Gasteiger partial charge in [-0.3, -0.25) is 4.79 Å². The molecule has 6 heteroatoms. The van der Waals surface area contributed by atoms with Crippen molar-refractivity contribution in [1.29, 1.82) is 0 Å². The highest BCUT2D eigenvalue weighted by Gasteiger charge is 2.42. The van der Waals surface area contributed by atoms with Gasteiger partial charge < -0.3 is 9.84 Å². The van der Waals surface area contributed by atoms with Gasteiger partial charge in [0.05, 0.1) is 13.0 Å². The first-order valence-electron chi connectivity index (χ1n) is 5.24. The van der Waals surface area contributed by atoms with Gasteiger partial charge in [-0.1, -0.05) is 24.3 Å². The average Bonchev–Trinajstić information content (AvgIpc) is 2.29. The van der Waals surface area contributed by atoms with E-state index in [-0.39, 0.29) is 13.0 Å². The van der Waals surface area contributed by atoms with Gasteiger partial charge in [0, 0.05) is 5.56 Å². The molecule has 0 heterocycles. The zero-order valence-electron chi connectivity index (χ0n) is 9.65. The van der Waals surface area contributed by atoms with Gasteiger partial charge in [0.1, 0.15) is 0 Å². The molecule has 4 nitrogen and oxygen atoms in total. The molecule has 0 aliphatic heterocycles. The number of carbonyl (C=O) groups excluding carboxylic acids is 1. The second-order valence-corrected chi connectivity index (χ2v) is 3.56. The molecule has 98 valence electrons. The van der Waals surface area contributed by atoms with Crippen LogP contribution in [0.2, 0.25) is 0 Å². The maximum absolute atomic E-state index is 13.5. The van der Waals surface area contributed by atoms with Gasteiger partial charge in [0.2, 0.25) is 0 Å². The van der Waals surface area contributed by atoms with Crippen LogP contribution < -0.4 is 0 Å². The number of halogens is 2. The van der Waals surface area contributed by atoms with Gasteiger partial charge in [0.25, 0.3) is 0 Å². The molecule has 0 amide bonds. The zero-order valence-corrected chi connectivity index (χ0v) is 9.65. The number of alkyl halides is 2. The molecule has 18 heavy (non-hydrogen) atoms. The van der Waals surface area contributed by atoms with Crippen LogP contribution in [-0.2, 0) is 26.7 Å². The van der Waals surface area contributed by atoms with E-state index >= 15 is 0 Å². The van der Waals surface area contributed by atoms with Crippen molar-refractivity contribution in [2.75, 3.05) is 6.61 Å². The fourth-order valence-corrected chi connectivity index (χ4v) is 1.35. The summed E-state index contributed by atoms with van der Waals surface area (Å²) in [6.45, 7) is 1.30. The molecule has 0 radical (unpaired) electrons. The van der Waals surface area contributed by atoms with Gasteiger partial charge in [-0.15, -0.1) is 0 Å². The summed E-state index contributed by atoms with van der Waals surface area (Å²) < 4.78 is 31.4. The second kappa shape index (κ2) is 5.57. The number of esters is 1. The molecule has 0 saturated heterocycles. The SMILES string of the molecule is CCOC(=O)C(F)(F)c1ccc(CC(=O)O)cc1. The Kier molecular flexibility index (Phi) is 4.36. The lowest BCUT2D eigenvalue weighted by molar-refractivity contribution is -0.173. The van der Waals surface area contributed by atoms with E-state index in [2.05, 4.69) is 4.74 Å². The molecular weight excluding hydrogens is 246 g/mol. The van der Waals surface area contributed by atoms with E-state index < -0.39 is 23.4 Å². The molecule has 1 N–H and O–H groups in total. The van der Waals surface area contributed by atoms with E-state index in [0.717, 1.165) is 12.1 Å². The van der Waals surface area contributed by atoms with Gasteiger partial charge in [-0.25, -0.2) is 4.79 Å². The number of carbonyl (C=O) groups is 2. The number of benzene rings is 1. The summed E-state index contributed by atoms with van der Waals surface area (Å²) >= 11 is 0. The maximum atomic E-state index is 13.5. The van der Waals surface area contributed by atoms with Crippen LogP contribution in [-0.4, -0.2) is 23.7 Å². The first kappa shape index (κ1) is 14.1. The summed E-state index contributed by atoms with van der Waals surface area (Å²) in [5.41, 5.74) is -0.138. The Balaban J connectivity index is 2.90. The standard InChI is InChI=1S/C12H12F2O4/c1-2-18-11(17)12(13,14)9-5-3-8(4-6-9)7-10(15)16/h3-6H,2,7H2,1H3,(H,15,16). The number of hydrogen-bond acceptors (Lipinski definition) is 3. The minimum absolute atomic E-state index is 0.133. The fraction of sp³-hybridized carbons (Fsp3) is 0.333. The Labute approximate surface area is 102 Å². The normalized spacial score (nSPS) is 11.1. The Hall–Kier alpha value is -1.98. The number of aliphatic carboxylic acids is 1. The number of hydrogen-bond donors (Lipinski definition) is 1. The van der Waals surface area contributed by atoms with Crippen molar-refractivity contribution in [1.82, 2.24) is 0 Å². The molecular formula is C12H12F2O4. The first-order chi connectivity index (χ1) is 8.37. The quantitative estimate of drug-likeness (QED) is 0.820. The van der Waals surface area contributed by atoms with Crippen LogP contribution in [0.3, 0.4) is 0 Å². The lowest BCUT2D eigenvalue weighted by Crippen LogP contribution is -2.28. The molecule has 0 unspecified atom stereocenters. The lowest BCUT2D eigenvalue weighted by atomic mass is 10.0. The summed E-state index contributed by atoms with van der Waals surface area (Å²) in [5.74, 6) is -6.39. The monoisotopic (exact) mass is 258 g/mol. The molecule has 0 bridgehead atoms. The molecule has 0 aliphatic rings. The number of carboxylic acids is 1. The highest BCUT2D eigenvalue weighted by Crippen LogP contribution is 2.29.